The second-order valence-corrected chi connectivity index (χ2v) is 5.36. The van der Waals surface area contributed by atoms with Crippen LogP contribution in [0, 0.1) is 0 Å². The molecule has 0 aliphatic heterocycles. The Balaban J connectivity index is 3.37. The molecule has 18 heavy (non-hydrogen) atoms. The molecule has 0 aliphatic rings. The predicted octanol–water partition coefficient (Wildman–Crippen LogP) is 0.820. The second-order valence-electron chi connectivity index (χ2n) is 3.45. The number of carbonyl (C=O) groups is 1. The molecule has 1 aromatic heterocycles. The van der Waals surface area contributed by atoms with E-state index in [0.29, 0.717) is 0 Å². The topological polar surface area (TPSA) is 76.6 Å². The van der Waals surface area contributed by atoms with Crippen molar-refractivity contribution in [2.45, 2.75) is 0 Å². The number of rotatable bonds is 5. The SMILES string of the molecule is C=CCN(c1ncccc1C(=O)OC)S(C)(=O)=O. The Labute approximate surface area is 106 Å². The lowest BCUT2D eigenvalue weighted by molar-refractivity contribution is 0.0601. The van der Waals surface area contributed by atoms with E-state index in [0.717, 1.165) is 10.6 Å². The molecule has 0 spiro atoms. The van der Waals surface area contributed by atoms with Gasteiger partial charge in [0, 0.05) is 6.20 Å². The zero-order chi connectivity index (χ0) is 13.8. The molecule has 0 bridgehead atoms. The Morgan fingerprint density at radius 3 is 2.78 bits per heavy atom. The Morgan fingerprint density at radius 1 is 1.61 bits per heavy atom. The van der Waals surface area contributed by atoms with Gasteiger partial charge in [-0.05, 0) is 12.1 Å². The Morgan fingerprint density at radius 2 is 2.28 bits per heavy atom. The molecule has 1 heterocycles. The number of carbonyl (C=O) groups excluding carboxylic acids is 1. The number of anilines is 1. The third-order valence-electron chi connectivity index (χ3n) is 2.12. The monoisotopic (exact) mass is 270 g/mol. The summed E-state index contributed by atoms with van der Waals surface area (Å²) in [5, 5.41) is 0. The molecule has 0 aliphatic carbocycles. The van der Waals surface area contributed by atoms with Crippen molar-refractivity contribution < 1.29 is 17.9 Å². The molecule has 0 N–H and O–H groups in total. The van der Waals surface area contributed by atoms with Crippen molar-refractivity contribution in [1.82, 2.24) is 4.98 Å². The normalized spacial score (nSPS) is 10.8. The highest BCUT2D eigenvalue weighted by atomic mass is 32.2. The van der Waals surface area contributed by atoms with Crippen LogP contribution in [0.2, 0.25) is 0 Å². The average Bonchev–Trinajstić information content (AvgIpc) is 2.33. The summed E-state index contributed by atoms with van der Waals surface area (Å²) in [5.41, 5.74) is 0.0901. The van der Waals surface area contributed by atoms with E-state index in [1.54, 1.807) is 0 Å². The standard InChI is InChI=1S/C11H14N2O4S/c1-4-8-13(18(3,15)16)10-9(11(14)17-2)6-5-7-12-10/h4-7H,1,8H2,2-3H3. The van der Waals surface area contributed by atoms with Crippen LogP contribution in [0.5, 0.6) is 0 Å². The predicted molar refractivity (Wildman–Crippen MR) is 68.0 cm³/mol. The van der Waals surface area contributed by atoms with Crippen LogP contribution in [-0.2, 0) is 14.8 Å². The van der Waals surface area contributed by atoms with E-state index < -0.39 is 16.0 Å². The van der Waals surface area contributed by atoms with Crippen LogP contribution in [0.15, 0.2) is 31.0 Å². The number of hydrogen-bond acceptors (Lipinski definition) is 5. The smallest absolute Gasteiger partial charge is 0.341 e. The van der Waals surface area contributed by atoms with Crippen molar-refractivity contribution in [1.29, 1.82) is 0 Å². The summed E-state index contributed by atoms with van der Waals surface area (Å²) >= 11 is 0. The van der Waals surface area contributed by atoms with Crippen LogP contribution in [-0.4, -0.2) is 39.3 Å². The minimum absolute atomic E-state index is 0.0276. The fourth-order valence-corrected chi connectivity index (χ4v) is 2.20. The number of sulfonamides is 1. The van der Waals surface area contributed by atoms with Crippen molar-refractivity contribution >= 4 is 21.8 Å². The van der Waals surface area contributed by atoms with Crippen molar-refractivity contribution in [3.8, 4) is 0 Å². The summed E-state index contributed by atoms with van der Waals surface area (Å²) in [6, 6.07) is 2.99. The number of pyridine rings is 1. The van der Waals surface area contributed by atoms with Crippen LogP contribution in [0.1, 0.15) is 10.4 Å². The molecule has 98 valence electrons. The molecule has 0 radical (unpaired) electrons. The van der Waals surface area contributed by atoms with Crippen molar-refractivity contribution in [2.24, 2.45) is 0 Å². The van der Waals surface area contributed by atoms with Crippen LogP contribution in [0.3, 0.4) is 0 Å². The maximum atomic E-state index is 11.7. The molecule has 0 saturated heterocycles. The first-order chi connectivity index (χ1) is 8.41. The van der Waals surface area contributed by atoms with Gasteiger partial charge >= 0.3 is 5.97 Å². The second kappa shape index (κ2) is 5.63. The molecule has 1 aromatic rings. The number of hydrogen-bond donors (Lipinski definition) is 0. The van der Waals surface area contributed by atoms with E-state index in [2.05, 4.69) is 16.3 Å². The largest absolute Gasteiger partial charge is 0.465 e. The minimum Gasteiger partial charge on any atom is -0.465 e. The average molecular weight is 270 g/mol. The highest BCUT2D eigenvalue weighted by Gasteiger charge is 2.23. The van der Waals surface area contributed by atoms with Gasteiger partial charge in [-0.2, -0.15) is 0 Å². The van der Waals surface area contributed by atoms with Gasteiger partial charge in [0.15, 0.2) is 5.82 Å². The lowest BCUT2D eigenvalue weighted by Crippen LogP contribution is -2.32. The van der Waals surface area contributed by atoms with Crippen LogP contribution < -0.4 is 4.31 Å². The maximum Gasteiger partial charge on any atom is 0.341 e. The number of aromatic nitrogens is 1. The van der Waals surface area contributed by atoms with Crippen LogP contribution >= 0.6 is 0 Å². The number of methoxy groups -OCH3 is 1. The first kappa shape index (κ1) is 14.2. The van der Waals surface area contributed by atoms with Gasteiger partial charge in [0.25, 0.3) is 0 Å². The lowest BCUT2D eigenvalue weighted by atomic mass is 10.2. The minimum atomic E-state index is -3.55. The summed E-state index contributed by atoms with van der Waals surface area (Å²) in [5.74, 6) is -0.609. The van der Waals surface area contributed by atoms with Crippen LogP contribution in [0.25, 0.3) is 0 Å². The third kappa shape index (κ3) is 3.07. The molecule has 0 unspecified atom stereocenters. The molecule has 0 atom stereocenters. The number of esters is 1. The zero-order valence-electron chi connectivity index (χ0n) is 10.2. The molecule has 1 rings (SSSR count). The van der Waals surface area contributed by atoms with E-state index in [1.165, 1.54) is 31.5 Å². The van der Waals surface area contributed by atoms with Crippen molar-refractivity contribution in [2.75, 3.05) is 24.2 Å². The summed E-state index contributed by atoms with van der Waals surface area (Å²) in [4.78, 5) is 15.5. The van der Waals surface area contributed by atoms with Crippen LogP contribution in [0.4, 0.5) is 5.82 Å². The number of nitrogens with zero attached hydrogens (tertiary/aromatic N) is 2. The van der Waals surface area contributed by atoms with Gasteiger partial charge in [-0.15, -0.1) is 6.58 Å². The first-order valence-corrected chi connectivity index (χ1v) is 6.88. The quantitative estimate of drug-likeness (QED) is 0.585. The van der Waals surface area contributed by atoms with E-state index in [4.69, 9.17) is 0 Å². The van der Waals surface area contributed by atoms with E-state index in [-0.39, 0.29) is 17.9 Å². The fraction of sp³-hybridized carbons (Fsp3) is 0.273. The third-order valence-corrected chi connectivity index (χ3v) is 3.25. The molecule has 0 fully saturated rings. The van der Waals surface area contributed by atoms with Gasteiger partial charge < -0.3 is 4.74 Å². The van der Waals surface area contributed by atoms with E-state index in [9.17, 15) is 13.2 Å². The van der Waals surface area contributed by atoms with Gasteiger partial charge in [0.2, 0.25) is 10.0 Å². The van der Waals surface area contributed by atoms with E-state index >= 15 is 0 Å². The summed E-state index contributed by atoms with van der Waals surface area (Å²) in [6.45, 7) is 3.51. The fourth-order valence-electron chi connectivity index (χ4n) is 1.36. The lowest BCUT2D eigenvalue weighted by Gasteiger charge is -2.21. The maximum absolute atomic E-state index is 11.7. The van der Waals surface area contributed by atoms with Crippen molar-refractivity contribution in [3.63, 3.8) is 0 Å². The molecular formula is C11H14N2O4S. The van der Waals surface area contributed by atoms with E-state index in [1.807, 2.05) is 0 Å². The Bertz CT molecular complexity index is 554. The molecule has 6 nitrogen and oxygen atoms in total. The summed E-state index contributed by atoms with van der Waals surface area (Å²) in [7, 11) is -2.33. The van der Waals surface area contributed by atoms with Crippen molar-refractivity contribution in [3.05, 3.63) is 36.5 Å². The molecule has 7 heteroatoms. The Hall–Kier alpha value is -1.89. The zero-order valence-corrected chi connectivity index (χ0v) is 11.0. The molecule has 0 saturated carbocycles. The highest BCUT2D eigenvalue weighted by Crippen LogP contribution is 2.20. The molecule has 0 amide bonds. The molecule has 0 aromatic carbocycles. The van der Waals surface area contributed by atoms with Gasteiger partial charge in [-0.3, -0.25) is 0 Å². The van der Waals surface area contributed by atoms with Gasteiger partial charge in [0.05, 0.1) is 19.9 Å². The summed E-state index contributed by atoms with van der Waals surface area (Å²) in [6.07, 6.45) is 3.85. The number of ether oxygens (including phenoxy) is 1. The highest BCUT2D eigenvalue weighted by molar-refractivity contribution is 7.92. The van der Waals surface area contributed by atoms with Gasteiger partial charge in [-0.25, -0.2) is 22.5 Å². The summed E-state index contributed by atoms with van der Waals surface area (Å²) < 4.78 is 28.9. The Kier molecular flexibility index (Phi) is 4.43. The van der Waals surface area contributed by atoms with Gasteiger partial charge in [-0.1, -0.05) is 6.08 Å². The first-order valence-electron chi connectivity index (χ1n) is 5.03. The molecular weight excluding hydrogens is 256 g/mol. The van der Waals surface area contributed by atoms with Gasteiger partial charge in [0.1, 0.15) is 5.56 Å².